The molecule has 1 fully saturated rings. The number of fused-ring (bicyclic) bond motifs is 1. The van der Waals surface area contributed by atoms with Gasteiger partial charge in [0, 0.05) is 18.5 Å². The van der Waals surface area contributed by atoms with E-state index in [1.54, 1.807) is 4.90 Å². The van der Waals surface area contributed by atoms with Crippen LogP contribution in [-0.4, -0.2) is 28.4 Å². The molecule has 1 amide bonds. The molecule has 0 saturated heterocycles. The second-order valence-electron chi connectivity index (χ2n) is 5.27. The number of benzene rings is 1. The fourth-order valence-electron chi connectivity index (χ4n) is 2.95. The van der Waals surface area contributed by atoms with Gasteiger partial charge in [0.15, 0.2) is 5.78 Å². The third-order valence-corrected chi connectivity index (χ3v) is 4.05. The van der Waals surface area contributed by atoms with Crippen molar-refractivity contribution < 1.29 is 14.4 Å². The summed E-state index contributed by atoms with van der Waals surface area (Å²) in [5.41, 5.74) is 2.79. The van der Waals surface area contributed by atoms with Crippen LogP contribution in [0.25, 0.3) is 0 Å². The normalized spacial score (nSPS) is 22.9. The molecule has 1 aromatic carbocycles. The lowest BCUT2D eigenvalue weighted by molar-refractivity contribution is -0.133. The second-order valence-corrected chi connectivity index (χ2v) is 5.27. The smallest absolute Gasteiger partial charge is 0.255 e. The van der Waals surface area contributed by atoms with Crippen LogP contribution in [0.2, 0.25) is 0 Å². The minimum atomic E-state index is -0.419. The highest BCUT2D eigenvalue weighted by Crippen LogP contribution is 2.30. The molecule has 0 spiro atoms. The first-order chi connectivity index (χ1) is 9.08. The number of hydrogen-bond acceptors (Lipinski definition) is 3. The molecule has 0 bridgehead atoms. The molecule has 0 unspecified atom stereocenters. The predicted octanol–water partition coefficient (Wildman–Crippen LogP) is 1.64. The Morgan fingerprint density at radius 3 is 2.68 bits per heavy atom. The van der Waals surface area contributed by atoms with Gasteiger partial charge in [-0.3, -0.25) is 14.4 Å². The highest BCUT2D eigenvalue weighted by atomic mass is 16.2. The molecule has 2 aliphatic rings. The largest absolute Gasteiger partial charge is 0.324 e. The van der Waals surface area contributed by atoms with E-state index in [9.17, 15) is 14.4 Å². The minimum Gasteiger partial charge on any atom is -0.324 e. The zero-order valence-corrected chi connectivity index (χ0v) is 10.8. The van der Waals surface area contributed by atoms with Crippen LogP contribution >= 0.6 is 0 Å². The van der Waals surface area contributed by atoms with E-state index < -0.39 is 6.04 Å². The maximum Gasteiger partial charge on any atom is 0.255 e. The highest BCUT2D eigenvalue weighted by Gasteiger charge is 2.39. The van der Waals surface area contributed by atoms with E-state index in [-0.39, 0.29) is 23.9 Å². The molecule has 98 valence electrons. The summed E-state index contributed by atoms with van der Waals surface area (Å²) in [6.45, 7) is 2.47. The number of Topliss-reactive ketones (excluding diaryl/α,β-unsaturated/α-hetero) is 2. The van der Waals surface area contributed by atoms with E-state index in [0.29, 0.717) is 24.9 Å². The number of hydrogen-bond donors (Lipinski definition) is 0. The molecule has 4 heteroatoms. The third-order valence-electron chi connectivity index (χ3n) is 4.05. The SMILES string of the molecule is Cc1cccc2c1CN([C@H]1CCC(=O)CC1=O)C2=O. The Hall–Kier alpha value is -1.97. The van der Waals surface area contributed by atoms with Crippen molar-refractivity contribution in [1.82, 2.24) is 4.90 Å². The molecule has 4 nitrogen and oxygen atoms in total. The molecule has 3 rings (SSSR count). The summed E-state index contributed by atoms with van der Waals surface area (Å²) >= 11 is 0. The number of amides is 1. The summed E-state index contributed by atoms with van der Waals surface area (Å²) < 4.78 is 0. The average Bonchev–Trinajstić information content (AvgIpc) is 2.69. The first-order valence-corrected chi connectivity index (χ1v) is 6.52. The summed E-state index contributed by atoms with van der Waals surface area (Å²) in [7, 11) is 0. The zero-order valence-electron chi connectivity index (χ0n) is 10.8. The van der Waals surface area contributed by atoms with Crippen LogP contribution in [0.5, 0.6) is 0 Å². The van der Waals surface area contributed by atoms with E-state index >= 15 is 0 Å². The topological polar surface area (TPSA) is 54.5 Å². The van der Waals surface area contributed by atoms with Crippen LogP contribution in [0.4, 0.5) is 0 Å². The Morgan fingerprint density at radius 2 is 2.00 bits per heavy atom. The molecular weight excluding hydrogens is 242 g/mol. The van der Waals surface area contributed by atoms with Gasteiger partial charge in [0.05, 0.1) is 12.5 Å². The summed E-state index contributed by atoms with van der Waals surface area (Å²) in [5.74, 6) is -0.206. The van der Waals surface area contributed by atoms with Crippen molar-refractivity contribution in [2.45, 2.75) is 38.8 Å². The van der Waals surface area contributed by atoms with Gasteiger partial charge in [-0.25, -0.2) is 0 Å². The number of rotatable bonds is 1. The van der Waals surface area contributed by atoms with Gasteiger partial charge in [-0.05, 0) is 30.5 Å². The second kappa shape index (κ2) is 4.30. The van der Waals surface area contributed by atoms with Crippen molar-refractivity contribution in [3.8, 4) is 0 Å². The van der Waals surface area contributed by atoms with Gasteiger partial charge in [0.25, 0.3) is 5.91 Å². The Kier molecular flexibility index (Phi) is 2.73. The minimum absolute atomic E-state index is 0.0124. The quantitative estimate of drug-likeness (QED) is 0.719. The van der Waals surface area contributed by atoms with Crippen LogP contribution in [-0.2, 0) is 16.1 Å². The van der Waals surface area contributed by atoms with Gasteiger partial charge in [-0.15, -0.1) is 0 Å². The number of aryl methyl sites for hydroxylation is 1. The average molecular weight is 257 g/mol. The lowest BCUT2D eigenvalue weighted by atomic mass is 9.92. The third kappa shape index (κ3) is 1.87. The highest BCUT2D eigenvalue weighted by molar-refractivity contribution is 6.07. The van der Waals surface area contributed by atoms with E-state index in [4.69, 9.17) is 0 Å². The lowest BCUT2D eigenvalue weighted by Gasteiger charge is -2.29. The summed E-state index contributed by atoms with van der Waals surface area (Å²) in [4.78, 5) is 37.2. The van der Waals surface area contributed by atoms with Crippen LogP contribution in [0.3, 0.4) is 0 Å². The van der Waals surface area contributed by atoms with Gasteiger partial charge in [0.2, 0.25) is 0 Å². The molecule has 0 radical (unpaired) electrons. The fraction of sp³-hybridized carbons (Fsp3) is 0.400. The number of carbonyl (C=O) groups excluding carboxylic acids is 3. The van der Waals surface area contributed by atoms with E-state index in [0.717, 1.165) is 11.1 Å². The van der Waals surface area contributed by atoms with Crippen molar-refractivity contribution >= 4 is 17.5 Å². The number of carbonyl (C=O) groups is 3. The summed E-state index contributed by atoms with van der Waals surface area (Å²) in [6, 6.07) is 5.23. The first-order valence-electron chi connectivity index (χ1n) is 6.52. The molecule has 19 heavy (non-hydrogen) atoms. The Morgan fingerprint density at radius 1 is 1.21 bits per heavy atom. The Labute approximate surface area is 111 Å². The van der Waals surface area contributed by atoms with Crippen molar-refractivity contribution in [1.29, 1.82) is 0 Å². The van der Waals surface area contributed by atoms with E-state index in [1.165, 1.54) is 0 Å². The molecule has 0 N–H and O–H groups in total. The lowest BCUT2D eigenvalue weighted by Crippen LogP contribution is -2.44. The Balaban J connectivity index is 1.90. The number of nitrogens with zero attached hydrogens (tertiary/aromatic N) is 1. The number of ketones is 2. The molecule has 1 aromatic rings. The summed E-state index contributed by atoms with van der Waals surface area (Å²) in [5, 5.41) is 0. The van der Waals surface area contributed by atoms with Crippen molar-refractivity contribution in [3.63, 3.8) is 0 Å². The van der Waals surface area contributed by atoms with E-state index in [2.05, 4.69) is 0 Å². The van der Waals surface area contributed by atoms with Crippen molar-refractivity contribution in [3.05, 3.63) is 34.9 Å². The maximum absolute atomic E-state index is 12.4. The van der Waals surface area contributed by atoms with Crippen LogP contribution < -0.4 is 0 Å². The monoisotopic (exact) mass is 257 g/mol. The van der Waals surface area contributed by atoms with Gasteiger partial charge < -0.3 is 4.90 Å². The molecule has 1 aliphatic heterocycles. The molecule has 1 aliphatic carbocycles. The zero-order chi connectivity index (χ0) is 13.6. The molecule has 1 saturated carbocycles. The van der Waals surface area contributed by atoms with Crippen LogP contribution in [0, 0.1) is 6.92 Å². The first kappa shape index (κ1) is 12.1. The molecule has 1 atom stereocenters. The van der Waals surface area contributed by atoms with Gasteiger partial charge in [0.1, 0.15) is 5.78 Å². The summed E-state index contributed by atoms with van der Waals surface area (Å²) in [6.07, 6.45) is 0.843. The van der Waals surface area contributed by atoms with Gasteiger partial charge >= 0.3 is 0 Å². The van der Waals surface area contributed by atoms with Crippen molar-refractivity contribution in [2.24, 2.45) is 0 Å². The van der Waals surface area contributed by atoms with Crippen molar-refractivity contribution in [2.75, 3.05) is 0 Å². The molecule has 0 aromatic heterocycles. The predicted molar refractivity (Wildman–Crippen MR) is 68.7 cm³/mol. The van der Waals surface area contributed by atoms with Gasteiger partial charge in [-0.1, -0.05) is 12.1 Å². The maximum atomic E-state index is 12.4. The molecular formula is C15H15NO3. The molecule has 1 heterocycles. The van der Waals surface area contributed by atoms with Gasteiger partial charge in [-0.2, -0.15) is 0 Å². The van der Waals surface area contributed by atoms with Crippen LogP contribution in [0.15, 0.2) is 18.2 Å². The van der Waals surface area contributed by atoms with Crippen LogP contribution in [0.1, 0.15) is 40.7 Å². The standard InChI is InChI=1S/C15H15NO3/c1-9-3-2-4-11-12(9)8-16(15(11)19)13-6-5-10(17)7-14(13)18/h2-4,13H,5-8H2,1H3/t13-/m0/s1. The van der Waals surface area contributed by atoms with E-state index in [1.807, 2.05) is 25.1 Å². The Bertz CT molecular complexity index is 591. The fourth-order valence-corrected chi connectivity index (χ4v) is 2.95.